The molecule has 3 rings (SSSR count). The molecule has 1 aromatic carbocycles. The van der Waals surface area contributed by atoms with Crippen molar-refractivity contribution in [2.75, 3.05) is 13.7 Å². The normalized spacial score (nSPS) is 26.3. The molecular formula is C17H25NO. The van der Waals surface area contributed by atoms with Crippen LogP contribution in [0.4, 0.5) is 0 Å². The van der Waals surface area contributed by atoms with E-state index in [1.807, 2.05) is 7.11 Å². The largest absolute Gasteiger partial charge is 0.496 e. The van der Waals surface area contributed by atoms with E-state index >= 15 is 0 Å². The predicted octanol–water partition coefficient (Wildman–Crippen LogP) is 3.48. The zero-order valence-corrected chi connectivity index (χ0v) is 12.4. The van der Waals surface area contributed by atoms with Gasteiger partial charge in [-0.25, -0.2) is 0 Å². The van der Waals surface area contributed by atoms with Crippen LogP contribution in [0.25, 0.3) is 0 Å². The van der Waals surface area contributed by atoms with Crippen LogP contribution in [0.1, 0.15) is 54.9 Å². The Bertz CT molecular complexity index is 487. The topological polar surface area (TPSA) is 21.3 Å². The highest BCUT2D eigenvalue weighted by atomic mass is 16.5. The molecule has 19 heavy (non-hydrogen) atoms. The Labute approximate surface area is 116 Å². The first kappa shape index (κ1) is 13.0. The van der Waals surface area contributed by atoms with E-state index in [4.69, 9.17) is 4.74 Å². The summed E-state index contributed by atoms with van der Waals surface area (Å²) in [5.41, 5.74) is 6.10. The van der Waals surface area contributed by atoms with Gasteiger partial charge in [-0.1, -0.05) is 0 Å². The molecule has 1 aliphatic carbocycles. The Morgan fingerprint density at radius 2 is 2.00 bits per heavy atom. The van der Waals surface area contributed by atoms with Crippen LogP contribution in [0, 0.1) is 6.92 Å². The molecule has 1 fully saturated rings. The minimum Gasteiger partial charge on any atom is -0.496 e. The molecule has 104 valence electrons. The molecule has 2 aliphatic rings. The fourth-order valence-corrected chi connectivity index (χ4v) is 4.04. The van der Waals surface area contributed by atoms with Gasteiger partial charge >= 0.3 is 0 Å². The summed E-state index contributed by atoms with van der Waals surface area (Å²) in [6, 6.07) is 2.31. The molecule has 0 saturated carbocycles. The standard InChI is InChI=1S/C17H25NO/c1-12-14-8-5-4-7-13(14)11-15(19-3)16(12)17(2)9-6-10-18-17/h11,18H,4-10H2,1-3H3. The minimum atomic E-state index is 0.0991. The molecule has 1 atom stereocenters. The molecule has 0 spiro atoms. The number of hydrogen-bond acceptors (Lipinski definition) is 2. The summed E-state index contributed by atoms with van der Waals surface area (Å²) in [6.45, 7) is 5.75. The lowest BCUT2D eigenvalue weighted by Crippen LogP contribution is -2.35. The summed E-state index contributed by atoms with van der Waals surface area (Å²) >= 11 is 0. The third-order valence-corrected chi connectivity index (χ3v) is 5.03. The zero-order chi connectivity index (χ0) is 13.5. The van der Waals surface area contributed by atoms with Crippen molar-refractivity contribution in [2.24, 2.45) is 0 Å². The van der Waals surface area contributed by atoms with E-state index in [9.17, 15) is 0 Å². The fraction of sp³-hybridized carbons (Fsp3) is 0.647. The molecule has 0 aromatic heterocycles. The molecule has 0 radical (unpaired) electrons. The minimum absolute atomic E-state index is 0.0991. The summed E-state index contributed by atoms with van der Waals surface area (Å²) in [7, 11) is 1.81. The number of fused-ring (bicyclic) bond motifs is 1. The average molecular weight is 259 g/mol. The Morgan fingerprint density at radius 3 is 2.68 bits per heavy atom. The highest BCUT2D eigenvalue weighted by molar-refractivity contribution is 5.53. The lowest BCUT2D eigenvalue weighted by molar-refractivity contribution is 0.368. The van der Waals surface area contributed by atoms with Gasteiger partial charge in [-0.05, 0) is 81.7 Å². The van der Waals surface area contributed by atoms with Crippen molar-refractivity contribution in [3.63, 3.8) is 0 Å². The van der Waals surface area contributed by atoms with Gasteiger partial charge in [0.2, 0.25) is 0 Å². The molecule has 1 heterocycles. The second-order valence-corrected chi connectivity index (χ2v) is 6.29. The van der Waals surface area contributed by atoms with Crippen LogP contribution in [0.3, 0.4) is 0 Å². The van der Waals surface area contributed by atoms with E-state index in [0.717, 1.165) is 12.3 Å². The highest BCUT2D eigenvalue weighted by Crippen LogP contribution is 2.42. The maximum absolute atomic E-state index is 5.73. The summed E-state index contributed by atoms with van der Waals surface area (Å²) in [4.78, 5) is 0. The van der Waals surface area contributed by atoms with Crippen molar-refractivity contribution in [1.29, 1.82) is 0 Å². The number of aryl methyl sites for hydroxylation is 1. The van der Waals surface area contributed by atoms with Crippen LogP contribution < -0.4 is 10.1 Å². The lowest BCUT2D eigenvalue weighted by atomic mass is 9.79. The predicted molar refractivity (Wildman–Crippen MR) is 79.0 cm³/mol. The second kappa shape index (κ2) is 4.82. The zero-order valence-electron chi connectivity index (χ0n) is 12.4. The maximum Gasteiger partial charge on any atom is 0.124 e. The van der Waals surface area contributed by atoms with Crippen LogP contribution in [-0.2, 0) is 18.4 Å². The van der Waals surface area contributed by atoms with Gasteiger partial charge < -0.3 is 10.1 Å². The first-order valence-electron chi connectivity index (χ1n) is 7.60. The number of methoxy groups -OCH3 is 1. The van der Waals surface area contributed by atoms with Crippen LogP contribution in [-0.4, -0.2) is 13.7 Å². The van der Waals surface area contributed by atoms with Crippen molar-refractivity contribution in [2.45, 2.75) is 57.9 Å². The Morgan fingerprint density at radius 1 is 1.21 bits per heavy atom. The van der Waals surface area contributed by atoms with Crippen LogP contribution in [0.15, 0.2) is 6.07 Å². The molecule has 1 aliphatic heterocycles. The van der Waals surface area contributed by atoms with Gasteiger partial charge in [-0.2, -0.15) is 0 Å². The average Bonchev–Trinajstić information content (AvgIpc) is 2.86. The Kier molecular flexibility index (Phi) is 3.30. The van der Waals surface area contributed by atoms with Gasteiger partial charge in [0.15, 0.2) is 0 Å². The lowest BCUT2D eigenvalue weighted by Gasteiger charge is -2.32. The first-order chi connectivity index (χ1) is 9.15. The van der Waals surface area contributed by atoms with Crippen molar-refractivity contribution in [1.82, 2.24) is 5.32 Å². The Balaban J connectivity index is 2.17. The number of nitrogens with one attached hydrogen (secondary N) is 1. The van der Waals surface area contributed by atoms with Crippen LogP contribution in [0.2, 0.25) is 0 Å². The Hall–Kier alpha value is -1.02. The van der Waals surface area contributed by atoms with Gasteiger partial charge in [0, 0.05) is 11.1 Å². The number of hydrogen-bond donors (Lipinski definition) is 1. The third-order valence-electron chi connectivity index (χ3n) is 5.03. The second-order valence-electron chi connectivity index (χ2n) is 6.29. The monoisotopic (exact) mass is 259 g/mol. The number of ether oxygens (including phenoxy) is 1. The number of benzene rings is 1. The van der Waals surface area contributed by atoms with Crippen LogP contribution in [0.5, 0.6) is 5.75 Å². The smallest absolute Gasteiger partial charge is 0.124 e. The van der Waals surface area contributed by atoms with Crippen molar-refractivity contribution < 1.29 is 4.74 Å². The quantitative estimate of drug-likeness (QED) is 0.878. The molecule has 0 bridgehead atoms. The summed E-state index contributed by atoms with van der Waals surface area (Å²) < 4.78 is 5.73. The van der Waals surface area contributed by atoms with Gasteiger partial charge in [-0.3, -0.25) is 0 Å². The molecule has 1 aromatic rings. The summed E-state index contributed by atoms with van der Waals surface area (Å²) in [6.07, 6.45) is 7.60. The van der Waals surface area contributed by atoms with E-state index < -0.39 is 0 Å². The van der Waals surface area contributed by atoms with Crippen molar-refractivity contribution in [3.8, 4) is 5.75 Å². The molecule has 1 N–H and O–H groups in total. The molecule has 2 heteroatoms. The van der Waals surface area contributed by atoms with E-state index in [1.165, 1.54) is 55.2 Å². The van der Waals surface area contributed by atoms with Gasteiger partial charge in [-0.15, -0.1) is 0 Å². The summed E-state index contributed by atoms with van der Waals surface area (Å²) in [5, 5.41) is 3.69. The van der Waals surface area contributed by atoms with Gasteiger partial charge in [0.25, 0.3) is 0 Å². The van der Waals surface area contributed by atoms with E-state index in [1.54, 1.807) is 5.56 Å². The van der Waals surface area contributed by atoms with E-state index in [0.29, 0.717) is 0 Å². The van der Waals surface area contributed by atoms with E-state index in [-0.39, 0.29) is 5.54 Å². The number of rotatable bonds is 2. The van der Waals surface area contributed by atoms with Gasteiger partial charge in [0.1, 0.15) is 5.75 Å². The van der Waals surface area contributed by atoms with Crippen molar-refractivity contribution >= 4 is 0 Å². The molecule has 2 nitrogen and oxygen atoms in total. The SMILES string of the molecule is COc1cc2c(c(C)c1C1(C)CCCN1)CCCC2. The highest BCUT2D eigenvalue weighted by Gasteiger charge is 2.35. The van der Waals surface area contributed by atoms with Crippen LogP contribution >= 0.6 is 0 Å². The fourth-order valence-electron chi connectivity index (χ4n) is 4.04. The summed E-state index contributed by atoms with van der Waals surface area (Å²) in [5.74, 6) is 1.09. The molecule has 1 unspecified atom stereocenters. The molecular weight excluding hydrogens is 234 g/mol. The molecule has 0 amide bonds. The first-order valence-corrected chi connectivity index (χ1v) is 7.60. The third kappa shape index (κ3) is 2.06. The van der Waals surface area contributed by atoms with Crippen molar-refractivity contribution in [3.05, 3.63) is 28.3 Å². The maximum atomic E-state index is 5.73. The van der Waals surface area contributed by atoms with E-state index in [2.05, 4.69) is 25.2 Å². The molecule has 1 saturated heterocycles. The van der Waals surface area contributed by atoms with Gasteiger partial charge in [0.05, 0.1) is 7.11 Å².